The highest BCUT2D eigenvalue weighted by molar-refractivity contribution is 6.30. The smallest absolute Gasteiger partial charge is 0.384 e. The van der Waals surface area contributed by atoms with E-state index in [0.717, 1.165) is 5.69 Å². The first kappa shape index (κ1) is 16.1. The molecule has 2 nitrogen and oxygen atoms in total. The molecule has 0 fully saturated rings. The summed E-state index contributed by atoms with van der Waals surface area (Å²) < 4.78 is 37.1. The predicted molar refractivity (Wildman–Crippen MR) is 72.7 cm³/mol. The molecule has 0 bridgehead atoms. The molecule has 6 heteroatoms. The van der Waals surface area contributed by atoms with Gasteiger partial charge in [-0.1, -0.05) is 24.6 Å². The van der Waals surface area contributed by atoms with Gasteiger partial charge < -0.3 is 5.32 Å². The van der Waals surface area contributed by atoms with E-state index in [4.69, 9.17) is 11.6 Å². The average molecular weight is 295 g/mol. The van der Waals surface area contributed by atoms with Crippen LogP contribution in [0.1, 0.15) is 13.3 Å². The molecule has 0 atom stereocenters. The number of halogens is 4. The van der Waals surface area contributed by atoms with Crippen molar-refractivity contribution in [1.29, 1.82) is 0 Å². The van der Waals surface area contributed by atoms with E-state index in [0.29, 0.717) is 31.1 Å². The van der Waals surface area contributed by atoms with Gasteiger partial charge in [-0.25, -0.2) is 0 Å². The maximum atomic E-state index is 12.4. The minimum absolute atomic E-state index is 0.347. The van der Waals surface area contributed by atoms with Crippen LogP contribution in [0, 0.1) is 0 Å². The summed E-state index contributed by atoms with van der Waals surface area (Å²) in [6, 6.07) is 7.12. The Bertz CT molecular complexity index is 382. The summed E-state index contributed by atoms with van der Waals surface area (Å²) >= 11 is 5.82. The summed E-state index contributed by atoms with van der Waals surface area (Å²) in [5.74, 6) is 0. The van der Waals surface area contributed by atoms with Crippen LogP contribution in [0.3, 0.4) is 0 Å². The molecule has 0 saturated carbocycles. The molecular formula is C13H18ClF3N2. The van der Waals surface area contributed by atoms with Crippen LogP contribution in [0.15, 0.2) is 24.3 Å². The van der Waals surface area contributed by atoms with Crippen LogP contribution in [0.5, 0.6) is 0 Å². The van der Waals surface area contributed by atoms with E-state index in [1.165, 1.54) is 4.90 Å². The third-order valence-corrected chi connectivity index (χ3v) is 2.76. The van der Waals surface area contributed by atoms with Gasteiger partial charge in [0.2, 0.25) is 0 Å². The van der Waals surface area contributed by atoms with Gasteiger partial charge in [-0.3, -0.25) is 4.90 Å². The second-order valence-electron chi connectivity index (χ2n) is 4.33. The fraction of sp³-hybridized carbons (Fsp3) is 0.538. The average Bonchev–Trinajstić information content (AvgIpc) is 2.27. The lowest BCUT2D eigenvalue weighted by Crippen LogP contribution is -2.37. The maximum absolute atomic E-state index is 12.4. The zero-order valence-corrected chi connectivity index (χ0v) is 11.6. The van der Waals surface area contributed by atoms with E-state index in [-0.39, 0.29) is 0 Å². The first-order valence-electron chi connectivity index (χ1n) is 6.19. The van der Waals surface area contributed by atoms with Crippen LogP contribution in [-0.4, -0.2) is 37.3 Å². The maximum Gasteiger partial charge on any atom is 0.401 e. The van der Waals surface area contributed by atoms with Crippen LogP contribution in [0.4, 0.5) is 18.9 Å². The zero-order valence-electron chi connectivity index (χ0n) is 10.8. The Hall–Kier alpha value is -0.940. The molecular weight excluding hydrogens is 277 g/mol. The van der Waals surface area contributed by atoms with Crippen LogP contribution in [-0.2, 0) is 0 Å². The van der Waals surface area contributed by atoms with Gasteiger partial charge in [-0.2, -0.15) is 13.2 Å². The van der Waals surface area contributed by atoms with Crippen molar-refractivity contribution in [3.05, 3.63) is 29.3 Å². The first-order valence-corrected chi connectivity index (χ1v) is 6.57. The Morgan fingerprint density at radius 1 is 1.26 bits per heavy atom. The van der Waals surface area contributed by atoms with Gasteiger partial charge in [0.25, 0.3) is 0 Å². The van der Waals surface area contributed by atoms with E-state index in [1.807, 2.05) is 13.0 Å². The number of hydrogen-bond donors (Lipinski definition) is 1. The molecule has 19 heavy (non-hydrogen) atoms. The molecule has 1 rings (SSSR count). The Morgan fingerprint density at radius 2 is 2.00 bits per heavy atom. The fourth-order valence-electron chi connectivity index (χ4n) is 1.80. The third-order valence-electron chi connectivity index (χ3n) is 2.52. The van der Waals surface area contributed by atoms with Gasteiger partial charge in [0.1, 0.15) is 0 Å². The number of nitrogens with zero attached hydrogens (tertiary/aromatic N) is 1. The highest BCUT2D eigenvalue weighted by Crippen LogP contribution is 2.17. The number of nitrogens with one attached hydrogen (secondary N) is 1. The number of alkyl halides is 3. The van der Waals surface area contributed by atoms with Crippen molar-refractivity contribution in [2.75, 3.05) is 31.5 Å². The van der Waals surface area contributed by atoms with Crippen LogP contribution in [0.25, 0.3) is 0 Å². The lowest BCUT2D eigenvalue weighted by Gasteiger charge is -2.23. The van der Waals surface area contributed by atoms with E-state index in [2.05, 4.69) is 5.32 Å². The van der Waals surface area contributed by atoms with Crippen molar-refractivity contribution in [1.82, 2.24) is 4.90 Å². The molecule has 0 aromatic heterocycles. The van der Waals surface area contributed by atoms with Crippen molar-refractivity contribution in [2.24, 2.45) is 0 Å². The van der Waals surface area contributed by atoms with E-state index in [1.54, 1.807) is 18.2 Å². The Labute approximate surface area is 116 Å². The molecule has 0 aliphatic rings. The topological polar surface area (TPSA) is 15.3 Å². The highest BCUT2D eigenvalue weighted by atomic mass is 35.5. The summed E-state index contributed by atoms with van der Waals surface area (Å²) in [6.07, 6.45) is -3.45. The molecule has 0 aliphatic carbocycles. The Kier molecular flexibility index (Phi) is 6.45. The summed E-state index contributed by atoms with van der Waals surface area (Å²) in [6.45, 7) is 2.25. The molecule has 0 amide bonds. The summed E-state index contributed by atoms with van der Waals surface area (Å²) in [4.78, 5) is 1.40. The standard InChI is InChI=1S/C13H18ClF3N2/c1-2-7-19(10-13(15,16)17)8-6-18-12-5-3-4-11(14)9-12/h3-5,9,18H,2,6-8,10H2,1H3. The van der Waals surface area contributed by atoms with E-state index in [9.17, 15) is 13.2 Å². The molecule has 0 radical (unpaired) electrons. The molecule has 0 heterocycles. The third kappa shape index (κ3) is 7.28. The van der Waals surface area contributed by atoms with Gasteiger partial charge in [-0.15, -0.1) is 0 Å². The second-order valence-corrected chi connectivity index (χ2v) is 4.76. The molecule has 1 N–H and O–H groups in total. The summed E-state index contributed by atoms with van der Waals surface area (Å²) in [5, 5.41) is 3.67. The second kappa shape index (κ2) is 7.60. The number of rotatable bonds is 7. The van der Waals surface area contributed by atoms with Crippen molar-refractivity contribution in [2.45, 2.75) is 19.5 Å². The van der Waals surface area contributed by atoms with E-state index >= 15 is 0 Å². The lowest BCUT2D eigenvalue weighted by molar-refractivity contribution is -0.145. The number of anilines is 1. The number of benzene rings is 1. The van der Waals surface area contributed by atoms with Crippen LogP contribution in [0.2, 0.25) is 5.02 Å². The molecule has 0 saturated heterocycles. The SMILES string of the molecule is CCCN(CCNc1cccc(Cl)c1)CC(F)(F)F. The molecule has 108 valence electrons. The Morgan fingerprint density at radius 3 is 2.58 bits per heavy atom. The van der Waals surface area contributed by atoms with Crippen molar-refractivity contribution in [3.8, 4) is 0 Å². The molecule has 1 aromatic rings. The van der Waals surface area contributed by atoms with Gasteiger partial charge in [-0.05, 0) is 31.2 Å². The Balaban J connectivity index is 2.39. The lowest BCUT2D eigenvalue weighted by atomic mass is 10.3. The molecule has 0 aliphatic heterocycles. The van der Waals surface area contributed by atoms with Gasteiger partial charge in [0.05, 0.1) is 6.54 Å². The highest BCUT2D eigenvalue weighted by Gasteiger charge is 2.29. The largest absolute Gasteiger partial charge is 0.401 e. The van der Waals surface area contributed by atoms with Gasteiger partial charge >= 0.3 is 6.18 Å². The normalized spacial score (nSPS) is 11.9. The van der Waals surface area contributed by atoms with Crippen LogP contribution >= 0.6 is 11.6 Å². The van der Waals surface area contributed by atoms with Gasteiger partial charge in [0, 0.05) is 23.8 Å². The van der Waals surface area contributed by atoms with Crippen molar-refractivity contribution < 1.29 is 13.2 Å². The fourth-order valence-corrected chi connectivity index (χ4v) is 1.99. The van der Waals surface area contributed by atoms with E-state index < -0.39 is 12.7 Å². The first-order chi connectivity index (χ1) is 8.90. The quantitative estimate of drug-likeness (QED) is 0.817. The minimum Gasteiger partial charge on any atom is -0.384 e. The number of hydrogen-bond acceptors (Lipinski definition) is 2. The molecule has 0 unspecified atom stereocenters. The molecule has 1 aromatic carbocycles. The van der Waals surface area contributed by atoms with Crippen LogP contribution < -0.4 is 5.32 Å². The van der Waals surface area contributed by atoms with Crippen molar-refractivity contribution in [3.63, 3.8) is 0 Å². The van der Waals surface area contributed by atoms with Gasteiger partial charge in [0.15, 0.2) is 0 Å². The zero-order chi connectivity index (χ0) is 14.3. The van der Waals surface area contributed by atoms with Crippen molar-refractivity contribution >= 4 is 17.3 Å². The minimum atomic E-state index is -4.15. The summed E-state index contributed by atoms with van der Waals surface area (Å²) in [5.41, 5.74) is 0.816. The summed E-state index contributed by atoms with van der Waals surface area (Å²) in [7, 11) is 0. The monoisotopic (exact) mass is 294 g/mol. The predicted octanol–water partition coefficient (Wildman–Crippen LogP) is 4.03. The molecule has 0 spiro atoms.